The van der Waals surface area contributed by atoms with E-state index in [1.165, 1.54) is 25.7 Å². The van der Waals surface area contributed by atoms with Crippen LogP contribution in [0.5, 0.6) is 5.75 Å². The van der Waals surface area contributed by atoms with Crippen LogP contribution in [0.4, 0.5) is 5.69 Å². The van der Waals surface area contributed by atoms with E-state index in [4.69, 9.17) is 4.74 Å². The largest absolute Gasteiger partial charge is 0.492 e. The molecule has 1 aromatic carbocycles. The zero-order valence-corrected chi connectivity index (χ0v) is 11.5. The van der Waals surface area contributed by atoms with Gasteiger partial charge in [-0.05, 0) is 37.3 Å². The highest BCUT2D eigenvalue weighted by molar-refractivity contribution is 6.00. The number of aryl methyl sites for hydroxylation is 1. The van der Waals surface area contributed by atoms with Crippen LogP contribution in [-0.2, 0) is 0 Å². The molecule has 1 aromatic rings. The average Bonchev–Trinajstić information content (AvgIpc) is 2.91. The Hall–Kier alpha value is -1.51. The van der Waals surface area contributed by atoms with E-state index in [-0.39, 0.29) is 5.78 Å². The van der Waals surface area contributed by atoms with Crippen LogP contribution >= 0.6 is 0 Å². The van der Waals surface area contributed by atoms with Crippen molar-refractivity contribution in [3.8, 4) is 5.75 Å². The number of hydrogen-bond acceptors (Lipinski definition) is 3. The second kappa shape index (κ2) is 5.24. The molecule has 1 aliphatic carbocycles. The first-order valence-electron chi connectivity index (χ1n) is 7.28. The van der Waals surface area contributed by atoms with E-state index < -0.39 is 0 Å². The number of ketones is 1. The van der Waals surface area contributed by atoms with Gasteiger partial charge in [0, 0.05) is 24.7 Å². The number of hydrogen-bond donors (Lipinski definition) is 1. The van der Waals surface area contributed by atoms with Crippen molar-refractivity contribution in [2.45, 2.75) is 39.0 Å². The maximum absolute atomic E-state index is 11.8. The third-order valence-corrected chi connectivity index (χ3v) is 4.27. The lowest BCUT2D eigenvalue weighted by Crippen LogP contribution is -2.17. The Kier molecular flexibility index (Phi) is 3.45. The number of fused-ring (bicyclic) bond motifs is 1. The molecule has 0 atom stereocenters. The van der Waals surface area contributed by atoms with Crippen molar-refractivity contribution < 1.29 is 9.53 Å². The lowest BCUT2D eigenvalue weighted by molar-refractivity contribution is 0.0933. The Morgan fingerprint density at radius 1 is 1.32 bits per heavy atom. The van der Waals surface area contributed by atoms with E-state index in [0.29, 0.717) is 13.0 Å². The first-order chi connectivity index (χ1) is 9.24. The summed E-state index contributed by atoms with van der Waals surface area (Å²) in [5, 5.41) is 3.53. The molecule has 1 heterocycles. The van der Waals surface area contributed by atoms with Crippen molar-refractivity contribution in [1.82, 2.24) is 0 Å². The minimum atomic E-state index is 0.201. The fourth-order valence-corrected chi connectivity index (χ4v) is 3.07. The van der Waals surface area contributed by atoms with E-state index in [9.17, 15) is 4.79 Å². The molecule has 2 aliphatic rings. The molecule has 0 amide bonds. The lowest BCUT2D eigenvalue weighted by Gasteiger charge is -2.20. The summed E-state index contributed by atoms with van der Waals surface area (Å²) in [6, 6.07) is 3.96. The quantitative estimate of drug-likeness (QED) is 0.902. The van der Waals surface area contributed by atoms with Crippen LogP contribution in [0.25, 0.3) is 0 Å². The van der Waals surface area contributed by atoms with Crippen molar-refractivity contribution in [2.24, 2.45) is 5.92 Å². The van der Waals surface area contributed by atoms with E-state index in [1.807, 2.05) is 12.1 Å². The molecule has 19 heavy (non-hydrogen) atoms. The first-order valence-corrected chi connectivity index (χ1v) is 7.28. The standard InChI is InChI=1S/C16H21NO2/c1-11-8-13-15(18)6-7-19-16(13)9-14(11)17-10-12-4-2-3-5-12/h8-9,12,17H,2-7,10H2,1H3. The van der Waals surface area contributed by atoms with Gasteiger partial charge in [-0.1, -0.05) is 12.8 Å². The number of anilines is 1. The maximum atomic E-state index is 11.8. The molecule has 1 fully saturated rings. The molecule has 0 saturated heterocycles. The molecule has 1 aliphatic heterocycles. The zero-order chi connectivity index (χ0) is 13.2. The predicted octanol–water partition coefficient (Wildman–Crippen LogP) is 3.56. The van der Waals surface area contributed by atoms with E-state index in [2.05, 4.69) is 12.2 Å². The minimum absolute atomic E-state index is 0.201. The normalized spacial score (nSPS) is 19.1. The van der Waals surface area contributed by atoms with E-state index >= 15 is 0 Å². The molecule has 1 saturated carbocycles. The molecule has 0 spiro atoms. The summed E-state index contributed by atoms with van der Waals surface area (Å²) in [6.45, 7) is 3.60. The third-order valence-electron chi connectivity index (χ3n) is 4.27. The smallest absolute Gasteiger partial charge is 0.170 e. The highest BCUT2D eigenvalue weighted by Crippen LogP contribution is 2.32. The summed E-state index contributed by atoms with van der Waals surface area (Å²) in [6.07, 6.45) is 5.92. The number of rotatable bonds is 3. The van der Waals surface area contributed by atoms with Gasteiger partial charge in [-0.15, -0.1) is 0 Å². The highest BCUT2D eigenvalue weighted by atomic mass is 16.5. The number of benzene rings is 1. The van der Waals surface area contributed by atoms with Gasteiger partial charge in [0.25, 0.3) is 0 Å². The fraction of sp³-hybridized carbons (Fsp3) is 0.562. The number of Topliss-reactive ketones (excluding diaryl/α,β-unsaturated/α-hetero) is 1. The Morgan fingerprint density at radius 2 is 2.11 bits per heavy atom. The van der Waals surface area contributed by atoms with Crippen LogP contribution in [0.3, 0.4) is 0 Å². The summed E-state index contributed by atoms with van der Waals surface area (Å²) in [5.74, 6) is 1.75. The number of carbonyl (C=O) groups excluding carboxylic acids is 1. The van der Waals surface area contributed by atoms with Crippen molar-refractivity contribution in [3.05, 3.63) is 23.3 Å². The van der Waals surface area contributed by atoms with Crippen molar-refractivity contribution in [2.75, 3.05) is 18.5 Å². The molecule has 0 aromatic heterocycles. The molecule has 3 rings (SSSR count). The summed E-state index contributed by atoms with van der Waals surface area (Å²) in [5.41, 5.74) is 2.99. The first kappa shape index (κ1) is 12.5. The van der Waals surface area contributed by atoms with E-state index in [1.54, 1.807) is 0 Å². The maximum Gasteiger partial charge on any atom is 0.170 e. The van der Waals surface area contributed by atoms with Crippen LogP contribution in [0.2, 0.25) is 0 Å². The highest BCUT2D eigenvalue weighted by Gasteiger charge is 2.20. The van der Waals surface area contributed by atoms with Gasteiger partial charge in [0.1, 0.15) is 5.75 Å². The fourth-order valence-electron chi connectivity index (χ4n) is 3.07. The average molecular weight is 259 g/mol. The number of ether oxygens (including phenoxy) is 1. The van der Waals surface area contributed by atoms with Crippen molar-refractivity contribution in [3.63, 3.8) is 0 Å². The van der Waals surface area contributed by atoms with Gasteiger partial charge in [0.15, 0.2) is 5.78 Å². The Labute approximate surface area is 114 Å². The lowest BCUT2D eigenvalue weighted by atomic mass is 10.0. The van der Waals surface area contributed by atoms with Gasteiger partial charge < -0.3 is 10.1 Å². The third kappa shape index (κ3) is 2.60. The predicted molar refractivity (Wildman–Crippen MR) is 76.1 cm³/mol. The summed E-state index contributed by atoms with van der Waals surface area (Å²) >= 11 is 0. The van der Waals surface area contributed by atoms with Gasteiger partial charge in [-0.25, -0.2) is 0 Å². The Balaban J connectivity index is 1.76. The molecule has 1 N–H and O–H groups in total. The van der Waals surface area contributed by atoms with Crippen molar-refractivity contribution in [1.29, 1.82) is 0 Å². The molecule has 3 nitrogen and oxygen atoms in total. The van der Waals surface area contributed by atoms with Crippen LogP contribution in [0, 0.1) is 12.8 Å². The second-order valence-corrected chi connectivity index (χ2v) is 5.72. The SMILES string of the molecule is Cc1cc2c(cc1NCC1CCCC1)OCCC2=O. The van der Waals surface area contributed by atoms with Crippen LogP contribution in [-0.4, -0.2) is 18.9 Å². The molecular formula is C16H21NO2. The summed E-state index contributed by atoms with van der Waals surface area (Å²) < 4.78 is 5.60. The van der Waals surface area contributed by atoms with Gasteiger partial charge in [-0.2, -0.15) is 0 Å². The van der Waals surface area contributed by atoms with Gasteiger partial charge in [-0.3, -0.25) is 4.79 Å². The Morgan fingerprint density at radius 3 is 2.89 bits per heavy atom. The topological polar surface area (TPSA) is 38.3 Å². The van der Waals surface area contributed by atoms with E-state index in [0.717, 1.165) is 35.0 Å². The molecule has 102 valence electrons. The van der Waals surface area contributed by atoms with Crippen LogP contribution in [0.15, 0.2) is 12.1 Å². The summed E-state index contributed by atoms with van der Waals surface area (Å²) in [7, 11) is 0. The monoisotopic (exact) mass is 259 g/mol. The Bertz CT molecular complexity index is 490. The second-order valence-electron chi connectivity index (χ2n) is 5.72. The molecule has 0 bridgehead atoms. The summed E-state index contributed by atoms with van der Waals surface area (Å²) in [4.78, 5) is 11.8. The molecule has 0 unspecified atom stereocenters. The van der Waals surface area contributed by atoms with Gasteiger partial charge in [0.05, 0.1) is 12.2 Å². The van der Waals surface area contributed by atoms with Gasteiger partial charge in [0.2, 0.25) is 0 Å². The molecular weight excluding hydrogens is 238 g/mol. The van der Waals surface area contributed by atoms with Crippen LogP contribution in [0.1, 0.15) is 48.0 Å². The molecule has 0 radical (unpaired) electrons. The van der Waals surface area contributed by atoms with Gasteiger partial charge >= 0.3 is 0 Å². The molecule has 3 heteroatoms. The number of carbonyl (C=O) groups is 1. The van der Waals surface area contributed by atoms with Crippen molar-refractivity contribution >= 4 is 11.5 Å². The van der Waals surface area contributed by atoms with Crippen LogP contribution < -0.4 is 10.1 Å². The minimum Gasteiger partial charge on any atom is -0.492 e. The zero-order valence-electron chi connectivity index (χ0n) is 11.5. The number of nitrogens with one attached hydrogen (secondary N) is 1.